The van der Waals surface area contributed by atoms with Crippen molar-refractivity contribution in [2.45, 2.75) is 65.2 Å². The summed E-state index contributed by atoms with van der Waals surface area (Å²) in [5.74, 6) is 0. The fraction of sp³-hybridized carbons (Fsp3) is 0.294. The number of hydrogen-bond donors (Lipinski definition) is 0. The van der Waals surface area contributed by atoms with E-state index in [9.17, 15) is 0 Å². The van der Waals surface area contributed by atoms with E-state index < -0.39 is 0 Å². The third kappa shape index (κ3) is 11.8. The first kappa shape index (κ1) is 37.6. The predicted molar refractivity (Wildman–Crippen MR) is 166 cm³/mol. The smallest absolute Gasteiger partial charge is 0.171 e. The Morgan fingerprint density at radius 3 is 1.81 bits per heavy atom. The van der Waals surface area contributed by atoms with Gasteiger partial charge < -0.3 is 7.43 Å². The van der Waals surface area contributed by atoms with Crippen LogP contribution in [0.5, 0.6) is 0 Å². The van der Waals surface area contributed by atoms with Gasteiger partial charge in [0.15, 0.2) is 0 Å². The van der Waals surface area contributed by atoms with E-state index in [4.69, 9.17) is 0 Å². The number of halogens is 2. The molecule has 37 heavy (non-hydrogen) atoms. The molecule has 0 N–H and O–H groups in total. The van der Waals surface area contributed by atoms with Gasteiger partial charge in [0.05, 0.1) is 0 Å². The van der Waals surface area contributed by atoms with E-state index in [1.165, 1.54) is 57.6 Å². The molecule has 0 heterocycles. The second-order valence-corrected chi connectivity index (χ2v) is 10.4. The van der Waals surface area contributed by atoms with Crippen LogP contribution in [-0.2, 0) is 41.5 Å². The Bertz CT molecular complexity index is 1000. The Labute approximate surface area is 254 Å². The van der Waals surface area contributed by atoms with Crippen LogP contribution in [0.4, 0.5) is 0 Å². The minimum atomic E-state index is 0. The molecule has 5 rings (SSSR count). The largest absolute Gasteiger partial charge is 0.358 e. The summed E-state index contributed by atoms with van der Waals surface area (Å²) >= 11 is 1.30. The van der Waals surface area contributed by atoms with Gasteiger partial charge >= 0.3 is 28.4 Å². The van der Waals surface area contributed by atoms with Crippen LogP contribution in [0.25, 0.3) is 11.1 Å². The van der Waals surface area contributed by atoms with Gasteiger partial charge in [-0.1, -0.05) is 76.3 Å². The number of fused-ring (bicyclic) bond motifs is 3. The third-order valence-electron chi connectivity index (χ3n) is 5.72. The van der Waals surface area contributed by atoms with E-state index in [0.29, 0.717) is 0 Å². The van der Waals surface area contributed by atoms with Crippen LogP contribution < -0.4 is 0 Å². The first-order valence-corrected chi connectivity index (χ1v) is 13.6. The van der Waals surface area contributed by atoms with Gasteiger partial charge in [0.25, 0.3) is 0 Å². The van der Waals surface area contributed by atoms with Crippen LogP contribution in [0.15, 0.2) is 78.9 Å². The van der Waals surface area contributed by atoms with E-state index in [-0.39, 0.29) is 43.1 Å². The molecule has 0 amide bonds. The molecule has 0 saturated heterocycles. The van der Waals surface area contributed by atoms with Crippen LogP contribution in [0.1, 0.15) is 70.2 Å². The van der Waals surface area contributed by atoms with Gasteiger partial charge in [0, 0.05) is 0 Å². The predicted octanol–water partition coefficient (Wildman–Crippen LogP) is 9.70. The van der Waals surface area contributed by atoms with E-state index >= 15 is 0 Å². The zero-order valence-corrected chi connectivity index (χ0v) is 27.5. The summed E-state index contributed by atoms with van der Waals surface area (Å²) in [6.07, 6.45) is 11.0. The molecule has 2 aliphatic rings. The third-order valence-corrected chi connectivity index (χ3v) is 5.72. The molecule has 0 aliphatic heterocycles. The van der Waals surface area contributed by atoms with Crippen molar-refractivity contribution in [3.05, 3.63) is 127 Å². The molecule has 3 aromatic rings. The first-order chi connectivity index (χ1) is 16.2. The molecule has 0 fully saturated rings. The molecular weight excluding hydrogens is 571 g/mol. The van der Waals surface area contributed by atoms with Crippen LogP contribution in [0, 0.1) is 25.6 Å². The molecule has 3 heteroatoms. The van der Waals surface area contributed by atoms with Gasteiger partial charge in [0.1, 0.15) is 0 Å². The number of hydrogen-bond acceptors (Lipinski definition) is 0. The summed E-state index contributed by atoms with van der Waals surface area (Å²) in [6, 6.07) is 27.6. The van der Waals surface area contributed by atoms with Gasteiger partial charge in [-0.3, -0.25) is 6.08 Å². The molecule has 0 nitrogen and oxygen atoms in total. The van der Waals surface area contributed by atoms with Crippen molar-refractivity contribution in [2.75, 3.05) is 0 Å². The minimum absolute atomic E-state index is 0. The maximum atomic E-state index is 3.53. The summed E-state index contributed by atoms with van der Waals surface area (Å²) in [7, 11) is 0. The molecule has 0 saturated carbocycles. The SMILES string of the molecule is CC(C)(C)c1c[c-]c2c(c1)-c1cc(C(C)(C)C)ccc1C2.Cl.Cl.[C-]1=CC=CC1.[CH2]=[Zr].[CH3-].[c-]1ccccc1. The zero-order valence-electron chi connectivity index (χ0n) is 23.4. The fourth-order valence-electron chi connectivity index (χ4n) is 3.67. The molecule has 0 spiro atoms. The Kier molecular flexibility index (Phi) is 18.2. The van der Waals surface area contributed by atoms with Crippen molar-refractivity contribution in [3.8, 4) is 11.1 Å². The first-order valence-electron chi connectivity index (χ1n) is 11.8. The second-order valence-electron chi connectivity index (χ2n) is 10.4. The second kappa shape index (κ2) is 17.9. The van der Waals surface area contributed by atoms with Crippen LogP contribution in [0.3, 0.4) is 0 Å². The van der Waals surface area contributed by atoms with E-state index in [1.54, 1.807) is 0 Å². The van der Waals surface area contributed by atoms with Crippen molar-refractivity contribution in [2.24, 2.45) is 0 Å². The standard InChI is InChI=1S/C21H25.C6H5.C5H5.CH3.CH2.2ClH.Zr/c1-20(2,3)16-9-7-14-11-15-8-10-17(21(4,5)6)13-19(15)18(14)12-16;1-2-4-6-5-3-1;1-2-4-5-3-1;;;;;/h7,9-10,12-13H,11H2,1-6H3;1-5H;1-3H,4H2;1H3;1H2;2*1H;/q4*-1;;;;. The van der Waals surface area contributed by atoms with Gasteiger partial charge in [-0.2, -0.15) is 71.8 Å². The average molecular weight is 613 g/mol. The molecule has 0 unspecified atom stereocenters. The van der Waals surface area contributed by atoms with Crippen molar-refractivity contribution < 1.29 is 24.2 Å². The Morgan fingerprint density at radius 2 is 1.41 bits per heavy atom. The van der Waals surface area contributed by atoms with Gasteiger partial charge in [-0.25, -0.2) is 12.2 Å². The molecule has 0 atom stereocenters. The van der Waals surface area contributed by atoms with Crippen molar-refractivity contribution >= 4 is 29.0 Å². The summed E-state index contributed by atoms with van der Waals surface area (Å²) in [6.45, 7) is 13.6. The summed E-state index contributed by atoms with van der Waals surface area (Å²) in [4.78, 5) is 0. The summed E-state index contributed by atoms with van der Waals surface area (Å²) in [5, 5.41) is 0. The van der Waals surface area contributed by atoms with Crippen LogP contribution in [-0.4, -0.2) is 4.21 Å². The fourth-order valence-corrected chi connectivity index (χ4v) is 3.67. The number of allylic oxidation sites excluding steroid dienone is 4. The van der Waals surface area contributed by atoms with E-state index in [1.807, 2.05) is 42.5 Å². The van der Waals surface area contributed by atoms with E-state index in [0.717, 1.165) is 12.8 Å². The zero-order chi connectivity index (χ0) is 25.2. The average Bonchev–Trinajstić information content (AvgIpc) is 3.52. The van der Waals surface area contributed by atoms with Gasteiger partial charge in [0.2, 0.25) is 0 Å². The molecule has 0 radical (unpaired) electrons. The van der Waals surface area contributed by atoms with Crippen LogP contribution in [0.2, 0.25) is 0 Å². The Hall–Kier alpha value is -1.53. The number of rotatable bonds is 0. The summed E-state index contributed by atoms with van der Waals surface area (Å²) < 4.78 is 3.34. The van der Waals surface area contributed by atoms with Crippen molar-refractivity contribution in [1.29, 1.82) is 0 Å². The molecule has 0 aromatic heterocycles. The molecule has 0 bridgehead atoms. The molecular formula is C34H42Cl2Zr-4. The minimum Gasteiger partial charge on any atom is -0.358 e. The van der Waals surface area contributed by atoms with Crippen molar-refractivity contribution in [1.82, 2.24) is 0 Å². The van der Waals surface area contributed by atoms with Gasteiger partial charge in [-0.05, 0) is 17.4 Å². The maximum absolute atomic E-state index is 3.53. The normalized spacial score (nSPS) is 11.7. The van der Waals surface area contributed by atoms with Crippen LogP contribution >= 0.6 is 24.8 Å². The number of benzene rings is 3. The molecule has 3 aromatic carbocycles. The maximum Gasteiger partial charge on any atom is -0.171 e. The Morgan fingerprint density at radius 1 is 0.811 bits per heavy atom. The topological polar surface area (TPSA) is 0 Å². The van der Waals surface area contributed by atoms with Crippen molar-refractivity contribution in [3.63, 3.8) is 0 Å². The molecule has 2 aliphatic carbocycles. The van der Waals surface area contributed by atoms with Gasteiger partial charge in [-0.15, -0.1) is 36.8 Å². The monoisotopic (exact) mass is 610 g/mol. The molecule has 200 valence electrons. The quantitative estimate of drug-likeness (QED) is 0.174. The summed E-state index contributed by atoms with van der Waals surface area (Å²) in [5.41, 5.74) is 8.76. The Balaban J connectivity index is 0. The van der Waals surface area contributed by atoms with E-state index in [2.05, 4.69) is 100 Å².